The zero-order valence-corrected chi connectivity index (χ0v) is 9.63. The number of pyridine rings is 1. The number of carbonyl (C=O) groups is 1. The fourth-order valence-corrected chi connectivity index (χ4v) is 1.50. The zero-order valence-electron chi connectivity index (χ0n) is 9.63. The maximum Gasteiger partial charge on any atom is 0.332 e. The summed E-state index contributed by atoms with van der Waals surface area (Å²) in [5, 5.41) is 0. The molecule has 0 N–H and O–H groups in total. The molecule has 0 fully saturated rings. The molecule has 2 heterocycles. The number of ether oxygens (including phenoxy) is 2. The number of fused-ring (bicyclic) bond motifs is 1. The number of esters is 1. The second-order valence-electron chi connectivity index (χ2n) is 3.50. The van der Waals surface area contributed by atoms with Gasteiger partial charge >= 0.3 is 5.97 Å². The van der Waals surface area contributed by atoms with Gasteiger partial charge in [-0.15, -0.1) is 0 Å². The lowest BCUT2D eigenvalue weighted by Crippen LogP contribution is -2.12. The molecule has 2 aromatic rings. The first kappa shape index (κ1) is 11.6. The van der Waals surface area contributed by atoms with Crippen LogP contribution in [-0.4, -0.2) is 28.6 Å². The first-order valence-corrected chi connectivity index (χ1v) is 5.45. The third kappa shape index (κ3) is 3.04. The van der Waals surface area contributed by atoms with Gasteiger partial charge in [-0.2, -0.15) is 0 Å². The molecule has 0 aromatic carbocycles. The van der Waals surface area contributed by atoms with Crippen LogP contribution in [-0.2, 0) is 20.9 Å². The van der Waals surface area contributed by atoms with Gasteiger partial charge in [0.05, 0.1) is 18.9 Å². The Kier molecular flexibility index (Phi) is 3.72. The van der Waals surface area contributed by atoms with Gasteiger partial charge in [-0.3, -0.25) is 0 Å². The van der Waals surface area contributed by atoms with Crippen molar-refractivity contribution in [3.05, 3.63) is 36.3 Å². The molecule has 0 saturated carbocycles. The average Bonchev–Trinajstić information content (AvgIpc) is 2.71. The Bertz CT molecular complexity index is 474. The summed E-state index contributed by atoms with van der Waals surface area (Å²) in [4.78, 5) is 15.4. The summed E-state index contributed by atoms with van der Waals surface area (Å²) in [6.07, 6.45) is 3.79. The lowest BCUT2D eigenvalue weighted by Gasteiger charge is -2.01. The van der Waals surface area contributed by atoms with Crippen LogP contribution in [0.15, 0.2) is 30.6 Å². The molecule has 90 valence electrons. The third-order valence-electron chi connectivity index (χ3n) is 2.19. The van der Waals surface area contributed by atoms with Crippen molar-refractivity contribution < 1.29 is 14.3 Å². The van der Waals surface area contributed by atoms with Crippen molar-refractivity contribution in [2.24, 2.45) is 0 Å². The molecule has 0 atom stereocenters. The number of hydrogen-bond acceptors (Lipinski definition) is 4. The average molecular weight is 234 g/mol. The number of nitrogens with zero attached hydrogens (tertiary/aromatic N) is 2. The van der Waals surface area contributed by atoms with Gasteiger partial charge in [0.1, 0.15) is 12.3 Å². The van der Waals surface area contributed by atoms with E-state index in [9.17, 15) is 4.79 Å². The third-order valence-corrected chi connectivity index (χ3v) is 2.19. The Balaban J connectivity index is 1.89. The van der Waals surface area contributed by atoms with Crippen LogP contribution in [0.3, 0.4) is 0 Å². The van der Waals surface area contributed by atoms with Crippen molar-refractivity contribution in [3.63, 3.8) is 0 Å². The Morgan fingerprint density at radius 1 is 1.47 bits per heavy atom. The maximum absolute atomic E-state index is 11.0. The summed E-state index contributed by atoms with van der Waals surface area (Å²) in [5.74, 6) is -0.351. The number of imidazole rings is 1. The maximum atomic E-state index is 11.0. The van der Waals surface area contributed by atoms with E-state index in [1.165, 1.54) is 0 Å². The fraction of sp³-hybridized carbons (Fsp3) is 0.333. The molecule has 0 saturated heterocycles. The van der Waals surface area contributed by atoms with Crippen molar-refractivity contribution in [1.82, 2.24) is 9.38 Å². The highest BCUT2D eigenvalue weighted by Crippen LogP contribution is 2.05. The summed E-state index contributed by atoms with van der Waals surface area (Å²) in [7, 11) is 0. The molecule has 0 unspecified atom stereocenters. The van der Waals surface area contributed by atoms with E-state index in [0.29, 0.717) is 13.2 Å². The first-order valence-electron chi connectivity index (χ1n) is 5.45. The van der Waals surface area contributed by atoms with Crippen molar-refractivity contribution in [1.29, 1.82) is 0 Å². The molecule has 0 aliphatic carbocycles. The molecule has 0 aliphatic heterocycles. The zero-order chi connectivity index (χ0) is 12.1. The van der Waals surface area contributed by atoms with E-state index in [-0.39, 0.29) is 12.6 Å². The fourth-order valence-electron chi connectivity index (χ4n) is 1.50. The smallest absolute Gasteiger partial charge is 0.332 e. The van der Waals surface area contributed by atoms with Crippen LogP contribution < -0.4 is 0 Å². The lowest BCUT2D eigenvalue weighted by molar-refractivity contribution is -0.148. The van der Waals surface area contributed by atoms with E-state index in [1.807, 2.05) is 35.0 Å². The van der Waals surface area contributed by atoms with Crippen LogP contribution >= 0.6 is 0 Å². The molecule has 5 heteroatoms. The summed E-state index contributed by atoms with van der Waals surface area (Å²) >= 11 is 0. The Hall–Kier alpha value is -1.88. The number of rotatable bonds is 5. The molecular formula is C12H14N2O3. The van der Waals surface area contributed by atoms with E-state index >= 15 is 0 Å². The van der Waals surface area contributed by atoms with Crippen LogP contribution in [0, 0.1) is 0 Å². The highest BCUT2D eigenvalue weighted by atomic mass is 16.6. The van der Waals surface area contributed by atoms with Gasteiger partial charge in [-0.05, 0) is 19.1 Å². The van der Waals surface area contributed by atoms with Crippen molar-refractivity contribution >= 4 is 11.6 Å². The predicted octanol–water partition coefficient (Wildman–Crippen LogP) is 1.41. The molecule has 0 amide bonds. The highest BCUT2D eigenvalue weighted by Gasteiger charge is 2.04. The molecule has 0 radical (unpaired) electrons. The normalized spacial score (nSPS) is 10.6. The van der Waals surface area contributed by atoms with Crippen LogP contribution in [0.1, 0.15) is 12.6 Å². The standard InChI is InChI=1S/C12H14N2O3/c1-2-17-12(15)9-16-8-10-7-14-6-4-3-5-11(14)13-10/h3-7H,2,8-9H2,1H3. The quantitative estimate of drug-likeness (QED) is 0.734. The molecule has 0 bridgehead atoms. The second kappa shape index (κ2) is 5.45. The van der Waals surface area contributed by atoms with E-state index in [1.54, 1.807) is 6.92 Å². The van der Waals surface area contributed by atoms with Gasteiger partial charge in [0, 0.05) is 12.4 Å². The van der Waals surface area contributed by atoms with Gasteiger partial charge in [-0.25, -0.2) is 9.78 Å². The Morgan fingerprint density at radius 2 is 2.35 bits per heavy atom. The monoisotopic (exact) mass is 234 g/mol. The number of aromatic nitrogens is 2. The molecule has 2 aromatic heterocycles. The minimum atomic E-state index is -0.351. The minimum Gasteiger partial charge on any atom is -0.464 e. The second-order valence-corrected chi connectivity index (χ2v) is 3.50. The van der Waals surface area contributed by atoms with Gasteiger partial charge in [0.2, 0.25) is 0 Å². The highest BCUT2D eigenvalue weighted by molar-refractivity contribution is 5.70. The SMILES string of the molecule is CCOC(=O)COCc1cn2ccccc2n1. The molecule has 17 heavy (non-hydrogen) atoms. The topological polar surface area (TPSA) is 52.8 Å². The van der Waals surface area contributed by atoms with Crippen LogP contribution in [0.25, 0.3) is 5.65 Å². The predicted molar refractivity (Wildman–Crippen MR) is 61.5 cm³/mol. The van der Waals surface area contributed by atoms with E-state index < -0.39 is 0 Å². The van der Waals surface area contributed by atoms with Crippen LogP contribution in [0.5, 0.6) is 0 Å². The van der Waals surface area contributed by atoms with Crippen molar-refractivity contribution in [2.75, 3.05) is 13.2 Å². The molecule has 0 aliphatic rings. The lowest BCUT2D eigenvalue weighted by atomic mass is 10.5. The molecular weight excluding hydrogens is 220 g/mol. The Labute approximate surface area is 99.0 Å². The van der Waals surface area contributed by atoms with Crippen molar-refractivity contribution in [3.8, 4) is 0 Å². The van der Waals surface area contributed by atoms with Crippen LogP contribution in [0.4, 0.5) is 0 Å². The van der Waals surface area contributed by atoms with Gasteiger partial charge < -0.3 is 13.9 Å². The van der Waals surface area contributed by atoms with Gasteiger partial charge in [0.25, 0.3) is 0 Å². The molecule has 2 rings (SSSR count). The summed E-state index contributed by atoms with van der Waals surface area (Å²) < 4.78 is 11.9. The minimum absolute atomic E-state index is 0.0400. The summed E-state index contributed by atoms with van der Waals surface area (Å²) in [5.41, 5.74) is 1.66. The van der Waals surface area contributed by atoms with Crippen molar-refractivity contribution in [2.45, 2.75) is 13.5 Å². The van der Waals surface area contributed by atoms with E-state index in [4.69, 9.17) is 9.47 Å². The molecule has 5 nitrogen and oxygen atoms in total. The largest absolute Gasteiger partial charge is 0.464 e. The number of hydrogen-bond donors (Lipinski definition) is 0. The summed E-state index contributed by atoms with van der Waals surface area (Å²) in [6, 6.07) is 5.76. The van der Waals surface area contributed by atoms with Gasteiger partial charge in [0.15, 0.2) is 0 Å². The van der Waals surface area contributed by atoms with Gasteiger partial charge in [-0.1, -0.05) is 6.07 Å². The van der Waals surface area contributed by atoms with E-state index in [0.717, 1.165) is 11.3 Å². The Morgan fingerprint density at radius 3 is 3.12 bits per heavy atom. The molecule has 0 spiro atoms. The van der Waals surface area contributed by atoms with Crippen LogP contribution in [0.2, 0.25) is 0 Å². The first-order chi connectivity index (χ1) is 8.29. The van der Waals surface area contributed by atoms with E-state index in [2.05, 4.69) is 4.98 Å². The summed E-state index contributed by atoms with van der Waals surface area (Å²) in [6.45, 7) is 2.40. The number of carbonyl (C=O) groups excluding carboxylic acids is 1.